The third-order valence-electron chi connectivity index (χ3n) is 5.22. The molecule has 0 fully saturated rings. The van der Waals surface area contributed by atoms with Crippen molar-refractivity contribution in [1.29, 1.82) is 0 Å². The Morgan fingerprint density at radius 1 is 0.971 bits per heavy atom. The topological polar surface area (TPSA) is 113 Å². The van der Waals surface area contributed by atoms with Gasteiger partial charge >= 0.3 is 5.97 Å². The number of benzene rings is 3. The lowest BCUT2D eigenvalue weighted by molar-refractivity contribution is -0.136. The highest BCUT2D eigenvalue weighted by molar-refractivity contribution is 7.92. The van der Waals surface area contributed by atoms with Crippen molar-refractivity contribution < 1.29 is 28.2 Å². The molecular formula is C26H29NO6S. The number of carboxylic acid groups (broad SMARTS) is 1. The predicted molar refractivity (Wildman–Crippen MR) is 131 cm³/mol. The highest BCUT2D eigenvalue weighted by Gasteiger charge is 2.14. The Morgan fingerprint density at radius 3 is 2.47 bits per heavy atom. The number of aryl methyl sites for hydroxylation is 1. The van der Waals surface area contributed by atoms with E-state index in [1.54, 1.807) is 36.4 Å². The minimum Gasteiger partial charge on any atom is -0.493 e. The number of ether oxygens (including phenoxy) is 1. The number of aliphatic hydroxyl groups excluding tert-OH is 1. The molecule has 3 aromatic rings. The van der Waals surface area contributed by atoms with Crippen molar-refractivity contribution in [1.82, 2.24) is 0 Å². The summed E-state index contributed by atoms with van der Waals surface area (Å²) in [6, 6.07) is 22.5. The van der Waals surface area contributed by atoms with E-state index < -0.39 is 22.1 Å². The standard InChI is InChI=1S/C26H29NO6S/c28-23(11-7-17-33-25-14-5-4-9-21(25)15-16-26(29)30)19-20-8-6-10-22(18-20)27-34(31,32)24-12-2-1-3-13-24/h1-6,8-10,12-14,18,23,27-28H,7,11,15-17,19H2,(H,29,30). The zero-order valence-corrected chi connectivity index (χ0v) is 19.6. The van der Waals surface area contributed by atoms with Gasteiger partial charge < -0.3 is 14.9 Å². The maximum Gasteiger partial charge on any atom is 0.303 e. The predicted octanol–water partition coefficient (Wildman–Crippen LogP) is 4.27. The van der Waals surface area contributed by atoms with E-state index in [1.807, 2.05) is 30.3 Å². The van der Waals surface area contributed by atoms with Crippen molar-refractivity contribution in [3.8, 4) is 5.75 Å². The zero-order valence-electron chi connectivity index (χ0n) is 18.8. The molecule has 0 saturated heterocycles. The van der Waals surface area contributed by atoms with Gasteiger partial charge in [-0.3, -0.25) is 9.52 Å². The molecule has 0 aromatic heterocycles. The first kappa shape index (κ1) is 25.3. The second-order valence-corrected chi connectivity index (χ2v) is 9.65. The van der Waals surface area contributed by atoms with Crippen LogP contribution in [0.2, 0.25) is 0 Å². The first-order valence-corrected chi connectivity index (χ1v) is 12.6. The van der Waals surface area contributed by atoms with Crippen LogP contribution in [0.15, 0.2) is 83.8 Å². The van der Waals surface area contributed by atoms with Crippen molar-refractivity contribution in [3.63, 3.8) is 0 Å². The monoisotopic (exact) mass is 483 g/mol. The maximum atomic E-state index is 12.5. The molecule has 0 aliphatic rings. The van der Waals surface area contributed by atoms with E-state index in [4.69, 9.17) is 9.84 Å². The van der Waals surface area contributed by atoms with E-state index in [9.17, 15) is 18.3 Å². The fourth-order valence-electron chi connectivity index (χ4n) is 3.54. The average Bonchev–Trinajstić information content (AvgIpc) is 2.81. The number of para-hydroxylation sites is 1. The number of hydrogen-bond donors (Lipinski definition) is 3. The number of sulfonamides is 1. The van der Waals surface area contributed by atoms with E-state index in [2.05, 4.69) is 4.72 Å². The molecule has 34 heavy (non-hydrogen) atoms. The number of hydrogen-bond acceptors (Lipinski definition) is 5. The fraction of sp³-hybridized carbons (Fsp3) is 0.269. The van der Waals surface area contributed by atoms with Gasteiger partial charge in [-0.25, -0.2) is 8.42 Å². The van der Waals surface area contributed by atoms with E-state index in [1.165, 1.54) is 12.1 Å². The van der Waals surface area contributed by atoms with Crippen LogP contribution in [0.25, 0.3) is 0 Å². The Morgan fingerprint density at radius 2 is 1.71 bits per heavy atom. The number of aliphatic hydroxyl groups is 1. The summed E-state index contributed by atoms with van der Waals surface area (Å²) in [6.07, 6.45) is 1.35. The number of carboxylic acids is 1. The van der Waals surface area contributed by atoms with Crippen LogP contribution in [-0.2, 0) is 27.7 Å². The lowest BCUT2D eigenvalue weighted by atomic mass is 10.0. The van der Waals surface area contributed by atoms with Gasteiger partial charge in [-0.05, 0) is 67.1 Å². The highest BCUT2D eigenvalue weighted by Crippen LogP contribution is 2.21. The summed E-state index contributed by atoms with van der Waals surface area (Å²) >= 11 is 0. The fourth-order valence-corrected chi connectivity index (χ4v) is 4.61. The van der Waals surface area contributed by atoms with Gasteiger partial charge in [0, 0.05) is 12.1 Å². The molecule has 0 aliphatic heterocycles. The normalized spacial score (nSPS) is 12.1. The van der Waals surface area contributed by atoms with Gasteiger partial charge in [0.1, 0.15) is 5.75 Å². The number of aliphatic carboxylic acids is 1. The highest BCUT2D eigenvalue weighted by atomic mass is 32.2. The average molecular weight is 484 g/mol. The Bertz CT molecular complexity index is 1180. The van der Waals surface area contributed by atoms with Crippen molar-refractivity contribution in [2.24, 2.45) is 0 Å². The van der Waals surface area contributed by atoms with Gasteiger partial charge in [-0.2, -0.15) is 0 Å². The van der Waals surface area contributed by atoms with Gasteiger partial charge in [0.2, 0.25) is 0 Å². The molecular weight excluding hydrogens is 454 g/mol. The summed E-state index contributed by atoms with van der Waals surface area (Å²) in [5.74, 6) is -0.188. The summed E-state index contributed by atoms with van der Waals surface area (Å²) in [6.45, 7) is 0.401. The van der Waals surface area contributed by atoms with Crippen LogP contribution in [0.5, 0.6) is 5.75 Å². The van der Waals surface area contributed by atoms with Gasteiger partial charge in [0.25, 0.3) is 10.0 Å². The number of nitrogens with one attached hydrogen (secondary N) is 1. The van der Waals surface area contributed by atoms with Gasteiger partial charge in [-0.15, -0.1) is 0 Å². The maximum absolute atomic E-state index is 12.5. The second-order valence-electron chi connectivity index (χ2n) is 7.97. The van der Waals surface area contributed by atoms with E-state index in [0.29, 0.717) is 43.7 Å². The SMILES string of the molecule is O=C(O)CCc1ccccc1OCCCC(O)Cc1cccc(NS(=O)(=O)c2ccccc2)c1. The molecule has 180 valence electrons. The molecule has 7 nitrogen and oxygen atoms in total. The first-order chi connectivity index (χ1) is 16.3. The van der Waals surface area contributed by atoms with E-state index in [0.717, 1.165) is 11.1 Å². The van der Waals surface area contributed by atoms with Crippen LogP contribution in [0.4, 0.5) is 5.69 Å². The molecule has 8 heteroatoms. The molecule has 3 N–H and O–H groups in total. The van der Waals surface area contributed by atoms with Crippen LogP contribution < -0.4 is 9.46 Å². The lowest BCUT2D eigenvalue weighted by Crippen LogP contribution is -2.14. The van der Waals surface area contributed by atoms with Crippen LogP contribution in [-0.4, -0.2) is 37.3 Å². The van der Waals surface area contributed by atoms with Crippen molar-refractivity contribution in [2.75, 3.05) is 11.3 Å². The van der Waals surface area contributed by atoms with Crippen LogP contribution in [0.1, 0.15) is 30.4 Å². The van der Waals surface area contributed by atoms with Crippen LogP contribution in [0.3, 0.4) is 0 Å². The largest absolute Gasteiger partial charge is 0.493 e. The molecule has 0 aliphatic carbocycles. The summed E-state index contributed by atoms with van der Waals surface area (Å²) in [7, 11) is -3.68. The Kier molecular flexibility index (Phi) is 9.07. The Labute approximate surface area is 200 Å². The molecule has 0 spiro atoms. The number of anilines is 1. The number of rotatable bonds is 13. The number of carbonyl (C=O) groups is 1. The smallest absolute Gasteiger partial charge is 0.303 e. The molecule has 1 atom stereocenters. The van der Waals surface area contributed by atoms with Gasteiger partial charge in [0.15, 0.2) is 0 Å². The summed E-state index contributed by atoms with van der Waals surface area (Å²) in [5.41, 5.74) is 2.11. The molecule has 0 radical (unpaired) electrons. The van der Waals surface area contributed by atoms with Crippen molar-refractivity contribution in [2.45, 2.75) is 43.1 Å². The minimum atomic E-state index is -3.68. The summed E-state index contributed by atoms with van der Waals surface area (Å²) < 4.78 is 33.4. The third-order valence-corrected chi connectivity index (χ3v) is 6.62. The molecule has 0 heterocycles. The quantitative estimate of drug-likeness (QED) is 0.313. The summed E-state index contributed by atoms with van der Waals surface area (Å²) in [4.78, 5) is 11.0. The molecule has 1 unspecified atom stereocenters. The molecule has 0 amide bonds. The second kappa shape index (κ2) is 12.2. The van der Waals surface area contributed by atoms with Gasteiger partial charge in [0.05, 0.1) is 17.6 Å². The van der Waals surface area contributed by atoms with Crippen LogP contribution >= 0.6 is 0 Å². The zero-order chi connectivity index (χ0) is 24.4. The van der Waals surface area contributed by atoms with E-state index in [-0.39, 0.29) is 11.3 Å². The minimum absolute atomic E-state index is 0.0413. The lowest BCUT2D eigenvalue weighted by Gasteiger charge is -2.14. The Hall–Kier alpha value is -3.36. The van der Waals surface area contributed by atoms with Crippen molar-refractivity contribution in [3.05, 3.63) is 90.0 Å². The third kappa shape index (κ3) is 7.90. The van der Waals surface area contributed by atoms with Crippen LogP contribution in [0, 0.1) is 0 Å². The van der Waals surface area contributed by atoms with E-state index >= 15 is 0 Å². The van der Waals surface area contributed by atoms with Crippen molar-refractivity contribution >= 4 is 21.7 Å². The molecule has 0 saturated carbocycles. The molecule has 0 bridgehead atoms. The van der Waals surface area contributed by atoms with Gasteiger partial charge in [-0.1, -0.05) is 48.5 Å². The molecule has 3 rings (SSSR count). The Balaban J connectivity index is 1.48. The molecule has 3 aromatic carbocycles. The summed E-state index contributed by atoms with van der Waals surface area (Å²) in [5, 5.41) is 19.3. The first-order valence-electron chi connectivity index (χ1n) is 11.1.